The molecule has 0 radical (unpaired) electrons. The van der Waals surface area contributed by atoms with Crippen molar-refractivity contribution in [2.24, 2.45) is 5.73 Å². The molecule has 3 rings (SSSR count). The molecule has 0 saturated heterocycles. The number of hydrogen-bond donors (Lipinski definition) is 1. The van der Waals surface area contributed by atoms with Crippen LogP contribution in [0, 0.1) is 6.92 Å². The summed E-state index contributed by atoms with van der Waals surface area (Å²) in [4.78, 5) is 0. The maximum absolute atomic E-state index is 5.65. The minimum absolute atomic E-state index is 0.664. The SMILES string of the molecule is Cc1ccc(CCN)cc1-n1cc(-c2ccccc2)cn1. The van der Waals surface area contributed by atoms with Crippen molar-refractivity contribution in [3.05, 3.63) is 72.1 Å². The van der Waals surface area contributed by atoms with Gasteiger partial charge in [0, 0.05) is 11.8 Å². The Morgan fingerprint density at radius 1 is 1.05 bits per heavy atom. The predicted octanol–water partition coefficient (Wildman–Crippen LogP) is 3.35. The van der Waals surface area contributed by atoms with Crippen molar-refractivity contribution in [3.63, 3.8) is 0 Å². The van der Waals surface area contributed by atoms with Gasteiger partial charge in [-0.2, -0.15) is 5.10 Å². The van der Waals surface area contributed by atoms with Gasteiger partial charge in [0.25, 0.3) is 0 Å². The summed E-state index contributed by atoms with van der Waals surface area (Å²) in [5.41, 5.74) is 11.5. The van der Waals surface area contributed by atoms with Gasteiger partial charge in [-0.25, -0.2) is 4.68 Å². The molecule has 3 nitrogen and oxygen atoms in total. The molecule has 0 aliphatic carbocycles. The lowest BCUT2D eigenvalue weighted by Crippen LogP contribution is -2.04. The van der Waals surface area contributed by atoms with Gasteiger partial charge in [-0.3, -0.25) is 0 Å². The van der Waals surface area contributed by atoms with Gasteiger partial charge in [-0.15, -0.1) is 0 Å². The molecule has 0 aliphatic rings. The highest BCUT2D eigenvalue weighted by Crippen LogP contribution is 2.22. The van der Waals surface area contributed by atoms with Crippen LogP contribution < -0.4 is 5.73 Å². The molecule has 3 heteroatoms. The Morgan fingerprint density at radius 3 is 2.62 bits per heavy atom. The standard InChI is InChI=1S/C18H19N3/c1-14-7-8-15(9-10-19)11-18(14)21-13-17(12-20-21)16-5-3-2-4-6-16/h2-8,11-13H,9-10,19H2,1H3. The van der Waals surface area contributed by atoms with Crippen LogP contribution in [0.5, 0.6) is 0 Å². The third-order valence-electron chi connectivity index (χ3n) is 3.64. The molecular weight excluding hydrogens is 258 g/mol. The molecule has 2 N–H and O–H groups in total. The molecular formula is C18H19N3. The average molecular weight is 277 g/mol. The Labute approximate surface area is 125 Å². The summed E-state index contributed by atoms with van der Waals surface area (Å²) in [5, 5.41) is 4.51. The Bertz CT molecular complexity index is 729. The molecule has 0 aliphatic heterocycles. The molecule has 0 amide bonds. The largest absolute Gasteiger partial charge is 0.330 e. The lowest BCUT2D eigenvalue weighted by Gasteiger charge is -2.08. The fraction of sp³-hybridized carbons (Fsp3) is 0.167. The van der Waals surface area contributed by atoms with Crippen LogP contribution in [0.25, 0.3) is 16.8 Å². The van der Waals surface area contributed by atoms with Gasteiger partial charge < -0.3 is 5.73 Å². The summed E-state index contributed by atoms with van der Waals surface area (Å²) in [7, 11) is 0. The number of hydrogen-bond acceptors (Lipinski definition) is 2. The molecule has 0 unspecified atom stereocenters. The van der Waals surface area contributed by atoms with E-state index in [1.165, 1.54) is 16.7 Å². The van der Waals surface area contributed by atoms with Crippen LogP contribution in [0.15, 0.2) is 60.9 Å². The Balaban J connectivity index is 1.98. The Hall–Kier alpha value is -2.39. The zero-order valence-corrected chi connectivity index (χ0v) is 12.2. The number of nitrogens with two attached hydrogens (primary N) is 1. The second-order valence-electron chi connectivity index (χ2n) is 5.20. The van der Waals surface area contributed by atoms with Crippen molar-refractivity contribution in [2.75, 3.05) is 6.54 Å². The van der Waals surface area contributed by atoms with Gasteiger partial charge in [0.2, 0.25) is 0 Å². The molecule has 21 heavy (non-hydrogen) atoms. The van der Waals surface area contributed by atoms with E-state index in [1.54, 1.807) is 0 Å². The van der Waals surface area contributed by atoms with Crippen LogP contribution in [0.3, 0.4) is 0 Å². The van der Waals surface area contributed by atoms with Crippen molar-refractivity contribution >= 4 is 0 Å². The van der Waals surface area contributed by atoms with E-state index in [-0.39, 0.29) is 0 Å². The van der Waals surface area contributed by atoms with Crippen molar-refractivity contribution in [2.45, 2.75) is 13.3 Å². The van der Waals surface area contributed by atoms with Gasteiger partial charge in [-0.1, -0.05) is 42.5 Å². The van der Waals surface area contributed by atoms with Crippen LogP contribution in [0.2, 0.25) is 0 Å². The number of aromatic nitrogens is 2. The first kappa shape index (κ1) is 13.6. The first-order valence-corrected chi connectivity index (χ1v) is 7.18. The monoisotopic (exact) mass is 277 g/mol. The second-order valence-corrected chi connectivity index (χ2v) is 5.20. The zero-order valence-electron chi connectivity index (χ0n) is 12.2. The summed E-state index contributed by atoms with van der Waals surface area (Å²) in [6.07, 6.45) is 4.87. The van der Waals surface area contributed by atoms with Crippen molar-refractivity contribution < 1.29 is 0 Å². The van der Waals surface area contributed by atoms with Gasteiger partial charge in [-0.05, 0) is 42.6 Å². The number of aryl methyl sites for hydroxylation is 1. The van der Waals surface area contributed by atoms with Crippen LogP contribution in [0.1, 0.15) is 11.1 Å². The molecule has 0 spiro atoms. The van der Waals surface area contributed by atoms with Crippen LogP contribution in [-0.2, 0) is 6.42 Å². The first-order valence-electron chi connectivity index (χ1n) is 7.18. The predicted molar refractivity (Wildman–Crippen MR) is 86.5 cm³/mol. The van der Waals surface area contributed by atoms with Gasteiger partial charge in [0.15, 0.2) is 0 Å². The van der Waals surface area contributed by atoms with Crippen molar-refractivity contribution in [1.29, 1.82) is 0 Å². The quantitative estimate of drug-likeness (QED) is 0.794. The molecule has 106 valence electrons. The molecule has 1 heterocycles. The van der Waals surface area contributed by atoms with E-state index < -0.39 is 0 Å². The van der Waals surface area contributed by atoms with E-state index in [0.717, 1.165) is 17.7 Å². The normalized spacial score (nSPS) is 10.8. The Morgan fingerprint density at radius 2 is 1.86 bits per heavy atom. The summed E-state index contributed by atoms with van der Waals surface area (Å²) in [6.45, 7) is 2.77. The van der Waals surface area contributed by atoms with Gasteiger partial charge in [0.05, 0.1) is 11.9 Å². The fourth-order valence-electron chi connectivity index (χ4n) is 2.46. The third kappa shape index (κ3) is 2.88. The molecule has 2 aromatic carbocycles. The molecule has 3 aromatic rings. The summed E-state index contributed by atoms with van der Waals surface area (Å²) >= 11 is 0. The fourth-order valence-corrected chi connectivity index (χ4v) is 2.46. The van der Waals surface area contributed by atoms with Crippen LogP contribution in [0.4, 0.5) is 0 Å². The van der Waals surface area contributed by atoms with Crippen molar-refractivity contribution in [3.8, 4) is 16.8 Å². The third-order valence-corrected chi connectivity index (χ3v) is 3.64. The minimum atomic E-state index is 0.664. The topological polar surface area (TPSA) is 43.8 Å². The summed E-state index contributed by atoms with van der Waals surface area (Å²) in [6, 6.07) is 16.7. The van der Waals surface area contributed by atoms with Gasteiger partial charge in [0.1, 0.15) is 0 Å². The van der Waals surface area contributed by atoms with E-state index in [9.17, 15) is 0 Å². The summed E-state index contributed by atoms with van der Waals surface area (Å²) < 4.78 is 1.94. The minimum Gasteiger partial charge on any atom is -0.330 e. The highest BCUT2D eigenvalue weighted by Gasteiger charge is 2.06. The highest BCUT2D eigenvalue weighted by atomic mass is 15.3. The smallest absolute Gasteiger partial charge is 0.0677 e. The lowest BCUT2D eigenvalue weighted by atomic mass is 10.1. The summed E-state index contributed by atoms with van der Waals surface area (Å²) in [5.74, 6) is 0. The van der Waals surface area contributed by atoms with E-state index in [4.69, 9.17) is 5.73 Å². The Kier molecular flexibility index (Phi) is 3.84. The molecule has 0 atom stereocenters. The maximum Gasteiger partial charge on any atom is 0.0677 e. The van der Waals surface area contributed by atoms with Crippen molar-refractivity contribution in [1.82, 2.24) is 9.78 Å². The lowest BCUT2D eigenvalue weighted by molar-refractivity contribution is 0.866. The molecule has 0 saturated carbocycles. The first-order chi connectivity index (χ1) is 10.3. The number of benzene rings is 2. The van der Waals surface area contributed by atoms with E-state index in [0.29, 0.717) is 6.54 Å². The zero-order chi connectivity index (χ0) is 14.7. The number of nitrogens with zero attached hydrogens (tertiary/aromatic N) is 2. The maximum atomic E-state index is 5.65. The molecule has 0 bridgehead atoms. The van der Waals surface area contributed by atoms with Crippen LogP contribution in [-0.4, -0.2) is 16.3 Å². The molecule has 0 fully saturated rings. The number of rotatable bonds is 4. The van der Waals surface area contributed by atoms with E-state index >= 15 is 0 Å². The van der Waals surface area contributed by atoms with E-state index in [2.05, 4.69) is 48.6 Å². The highest BCUT2D eigenvalue weighted by molar-refractivity contribution is 5.62. The van der Waals surface area contributed by atoms with Gasteiger partial charge >= 0.3 is 0 Å². The average Bonchev–Trinajstić information content (AvgIpc) is 3.00. The second kappa shape index (κ2) is 5.94. The molecule has 1 aromatic heterocycles. The van der Waals surface area contributed by atoms with Crippen LogP contribution >= 0.6 is 0 Å². The van der Waals surface area contributed by atoms with E-state index in [1.807, 2.05) is 29.1 Å².